The molecule has 0 heterocycles. The van der Waals surface area contributed by atoms with E-state index in [1.54, 1.807) is 0 Å². The summed E-state index contributed by atoms with van der Waals surface area (Å²) in [6, 6.07) is 10.4. The molecule has 2 aromatic carbocycles. The van der Waals surface area contributed by atoms with E-state index in [1.807, 2.05) is 6.07 Å². The van der Waals surface area contributed by atoms with Crippen molar-refractivity contribution in [2.75, 3.05) is 0 Å². The van der Waals surface area contributed by atoms with Crippen LogP contribution in [0.25, 0.3) is 10.8 Å². The second-order valence-corrected chi connectivity index (χ2v) is 4.78. The first-order valence-corrected chi connectivity index (χ1v) is 5.76. The minimum Gasteiger partial charge on any atom is -0.303 e. The molecule has 0 saturated carbocycles. The minimum atomic E-state index is 0.0282. The molecule has 0 fully saturated rings. The Labute approximate surface area is 96.2 Å². The molecule has 1 unspecified atom stereocenters. The highest BCUT2D eigenvalue weighted by atomic mass is 79.9. The topological polar surface area (TPSA) is 17.1 Å². The molecular formula is C13H9BrO. The van der Waals surface area contributed by atoms with Crippen LogP contribution < -0.4 is 0 Å². The molecule has 0 spiro atoms. The molecule has 0 saturated heterocycles. The van der Waals surface area contributed by atoms with Crippen molar-refractivity contribution < 1.29 is 4.79 Å². The van der Waals surface area contributed by atoms with Crippen LogP contribution in [0, 0.1) is 0 Å². The lowest BCUT2D eigenvalue weighted by Crippen LogP contribution is -1.97. The summed E-state index contributed by atoms with van der Waals surface area (Å²) in [6.45, 7) is 0. The summed E-state index contributed by atoms with van der Waals surface area (Å²) in [7, 11) is 0. The number of halogens is 1. The summed E-state index contributed by atoms with van der Waals surface area (Å²) < 4.78 is 1.05. The van der Waals surface area contributed by atoms with Crippen molar-refractivity contribution in [1.82, 2.24) is 0 Å². The third-order valence-corrected chi connectivity index (χ3v) is 3.79. The molecule has 1 aliphatic carbocycles. The average Bonchev–Trinajstić information content (AvgIpc) is 2.64. The predicted molar refractivity (Wildman–Crippen MR) is 64.2 cm³/mol. The quantitative estimate of drug-likeness (QED) is 0.718. The molecule has 2 heteroatoms. The van der Waals surface area contributed by atoms with Gasteiger partial charge < -0.3 is 4.79 Å². The van der Waals surface area contributed by atoms with Gasteiger partial charge in [-0.05, 0) is 34.4 Å². The molecule has 0 radical (unpaired) electrons. The number of hydrogen-bond donors (Lipinski definition) is 0. The minimum absolute atomic E-state index is 0.0282. The lowest BCUT2D eigenvalue weighted by molar-refractivity contribution is -0.109. The van der Waals surface area contributed by atoms with Gasteiger partial charge in [0.1, 0.15) is 6.29 Å². The van der Waals surface area contributed by atoms with Gasteiger partial charge in [-0.2, -0.15) is 0 Å². The average molecular weight is 261 g/mol. The summed E-state index contributed by atoms with van der Waals surface area (Å²) in [4.78, 5) is 11.0. The largest absolute Gasteiger partial charge is 0.303 e. The summed E-state index contributed by atoms with van der Waals surface area (Å²) in [5.41, 5.74) is 2.46. The van der Waals surface area contributed by atoms with Crippen LogP contribution in [0.5, 0.6) is 0 Å². The van der Waals surface area contributed by atoms with Gasteiger partial charge in [-0.1, -0.05) is 40.2 Å². The maximum Gasteiger partial charge on any atom is 0.127 e. The second-order valence-electron chi connectivity index (χ2n) is 3.92. The van der Waals surface area contributed by atoms with E-state index in [0.29, 0.717) is 0 Å². The van der Waals surface area contributed by atoms with E-state index in [1.165, 1.54) is 16.3 Å². The Bertz CT molecular complexity index is 560. The zero-order chi connectivity index (χ0) is 10.4. The van der Waals surface area contributed by atoms with Crippen LogP contribution in [0.3, 0.4) is 0 Å². The molecule has 0 N–H and O–H groups in total. The van der Waals surface area contributed by atoms with Crippen molar-refractivity contribution in [2.45, 2.75) is 12.3 Å². The SMILES string of the molecule is O=CC1Cc2cccc3ccc(Br)c1c23. The van der Waals surface area contributed by atoms with Crippen molar-refractivity contribution in [3.05, 3.63) is 45.9 Å². The molecule has 1 nitrogen and oxygen atoms in total. The Balaban J connectivity index is 2.47. The van der Waals surface area contributed by atoms with E-state index in [0.717, 1.165) is 22.7 Å². The van der Waals surface area contributed by atoms with Gasteiger partial charge in [0.05, 0.1) is 0 Å². The third kappa shape index (κ3) is 1.18. The van der Waals surface area contributed by atoms with Crippen LogP contribution >= 0.6 is 15.9 Å². The van der Waals surface area contributed by atoms with E-state index in [9.17, 15) is 4.79 Å². The van der Waals surface area contributed by atoms with Gasteiger partial charge in [0.15, 0.2) is 0 Å². The molecular weight excluding hydrogens is 252 g/mol. The highest BCUT2D eigenvalue weighted by molar-refractivity contribution is 9.10. The first-order chi connectivity index (χ1) is 7.31. The van der Waals surface area contributed by atoms with Crippen molar-refractivity contribution >= 4 is 33.0 Å². The molecule has 0 aromatic heterocycles. The molecule has 0 bridgehead atoms. The third-order valence-electron chi connectivity index (χ3n) is 3.09. The molecule has 2 aromatic rings. The van der Waals surface area contributed by atoms with Gasteiger partial charge >= 0.3 is 0 Å². The van der Waals surface area contributed by atoms with Crippen LogP contribution in [0.2, 0.25) is 0 Å². The monoisotopic (exact) mass is 260 g/mol. The second kappa shape index (κ2) is 3.17. The fraction of sp³-hybridized carbons (Fsp3) is 0.154. The van der Waals surface area contributed by atoms with Crippen LogP contribution in [-0.4, -0.2) is 6.29 Å². The molecule has 1 aliphatic rings. The highest BCUT2D eigenvalue weighted by Crippen LogP contribution is 2.41. The highest BCUT2D eigenvalue weighted by Gasteiger charge is 2.25. The Hall–Kier alpha value is -1.15. The number of carbonyl (C=O) groups excluding carboxylic acids is 1. The van der Waals surface area contributed by atoms with Gasteiger partial charge in [0, 0.05) is 10.4 Å². The number of carbonyl (C=O) groups is 1. The van der Waals surface area contributed by atoms with Crippen LogP contribution in [0.1, 0.15) is 17.0 Å². The van der Waals surface area contributed by atoms with Gasteiger partial charge in [-0.3, -0.25) is 0 Å². The van der Waals surface area contributed by atoms with Crippen molar-refractivity contribution in [3.63, 3.8) is 0 Å². The Morgan fingerprint density at radius 2 is 2.13 bits per heavy atom. The Kier molecular flexibility index (Phi) is 1.93. The lowest BCUT2D eigenvalue weighted by atomic mass is 10.0. The summed E-state index contributed by atoms with van der Waals surface area (Å²) in [6.07, 6.45) is 1.90. The molecule has 0 amide bonds. The van der Waals surface area contributed by atoms with Crippen molar-refractivity contribution in [2.24, 2.45) is 0 Å². The van der Waals surface area contributed by atoms with E-state index < -0.39 is 0 Å². The number of hydrogen-bond acceptors (Lipinski definition) is 1. The molecule has 3 rings (SSSR count). The zero-order valence-corrected chi connectivity index (χ0v) is 9.62. The number of benzene rings is 2. The molecule has 15 heavy (non-hydrogen) atoms. The molecule has 74 valence electrons. The van der Waals surface area contributed by atoms with Gasteiger partial charge in [-0.25, -0.2) is 0 Å². The summed E-state index contributed by atoms with van der Waals surface area (Å²) in [5.74, 6) is 0.0282. The standard InChI is InChI=1S/C13H9BrO/c14-11-5-4-8-2-1-3-9-6-10(7-15)13(11)12(8)9/h1-5,7,10H,6H2. The molecule has 0 aliphatic heterocycles. The smallest absolute Gasteiger partial charge is 0.127 e. The van der Waals surface area contributed by atoms with Gasteiger partial charge in [0.25, 0.3) is 0 Å². The van der Waals surface area contributed by atoms with E-state index >= 15 is 0 Å². The summed E-state index contributed by atoms with van der Waals surface area (Å²) >= 11 is 3.53. The maximum absolute atomic E-state index is 11.0. The number of aldehydes is 1. The Morgan fingerprint density at radius 3 is 2.93 bits per heavy atom. The van der Waals surface area contributed by atoms with Crippen LogP contribution in [0.15, 0.2) is 34.8 Å². The van der Waals surface area contributed by atoms with Crippen molar-refractivity contribution in [3.8, 4) is 0 Å². The van der Waals surface area contributed by atoms with Crippen LogP contribution in [-0.2, 0) is 11.2 Å². The fourth-order valence-corrected chi connectivity index (χ4v) is 3.07. The zero-order valence-electron chi connectivity index (χ0n) is 8.03. The van der Waals surface area contributed by atoms with E-state index in [-0.39, 0.29) is 5.92 Å². The Morgan fingerprint density at radius 1 is 1.27 bits per heavy atom. The van der Waals surface area contributed by atoms with E-state index in [4.69, 9.17) is 0 Å². The first kappa shape index (κ1) is 9.10. The lowest BCUT2D eigenvalue weighted by Gasteiger charge is -2.06. The van der Waals surface area contributed by atoms with Crippen molar-refractivity contribution in [1.29, 1.82) is 0 Å². The predicted octanol–water partition coefficient (Wildman–Crippen LogP) is 3.44. The van der Waals surface area contributed by atoms with Gasteiger partial charge in [-0.15, -0.1) is 0 Å². The molecule has 1 atom stereocenters. The maximum atomic E-state index is 11.0. The number of rotatable bonds is 1. The first-order valence-electron chi connectivity index (χ1n) is 4.96. The fourth-order valence-electron chi connectivity index (χ4n) is 2.45. The van der Waals surface area contributed by atoms with E-state index in [2.05, 4.69) is 40.2 Å². The normalized spacial score (nSPS) is 18.3. The van der Waals surface area contributed by atoms with Gasteiger partial charge in [0.2, 0.25) is 0 Å². The van der Waals surface area contributed by atoms with Crippen LogP contribution in [0.4, 0.5) is 0 Å². The summed E-state index contributed by atoms with van der Waals surface area (Å²) in [5, 5.41) is 2.50.